The van der Waals surface area contributed by atoms with Crippen LogP contribution in [0.5, 0.6) is 0 Å². The van der Waals surface area contributed by atoms with Gasteiger partial charge in [-0.25, -0.2) is 0 Å². The molecule has 94 valence electrons. The van der Waals surface area contributed by atoms with E-state index in [0.29, 0.717) is 0 Å². The molecule has 1 aromatic carbocycles. The fourth-order valence-electron chi connectivity index (χ4n) is 1.71. The first kappa shape index (κ1) is 14.3. The van der Waals surface area contributed by atoms with E-state index in [1.807, 2.05) is 13.0 Å². The van der Waals surface area contributed by atoms with E-state index in [1.54, 1.807) is 0 Å². The highest BCUT2D eigenvalue weighted by Crippen LogP contribution is 2.28. The monoisotopic (exact) mass is 296 g/mol. The lowest BCUT2D eigenvalue weighted by molar-refractivity contribution is 0.795. The summed E-state index contributed by atoms with van der Waals surface area (Å²) in [7, 11) is 2.11. The topological polar surface area (TPSA) is 29.3 Å². The number of rotatable bonds is 6. The van der Waals surface area contributed by atoms with Gasteiger partial charge in [-0.3, -0.25) is 0 Å². The van der Waals surface area contributed by atoms with Gasteiger partial charge in [-0.15, -0.1) is 6.58 Å². The molecule has 0 radical (unpaired) electrons. The Labute approximate surface area is 113 Å². The second kappa shape index (κ2) is 6.82. The zero-order valence-corrected chi connectivity index (χ0v) is 12.2. The highest BCUT2D eigenvalue weighted by Gasteiger charge is 2.07. The molecule has 0 saturated heterocycles. The average molecular weight is 297 g/mol. The Morgan fingerprint density at radius 3 is 2.76 bits per heavy atom. The molecule has 0 heterocycles. The molecule has 0 aliphatic heterocycles. The number of benzene rings is 1. The Morgan fingerprint density at radius 2 is 2.24 bits per heavy atom. The maximum Gasteiger partial charge on any atom is 0.0508 e. The lowest BCUT2D eigenvalue weighted by Crippen LogP contribution is -2.19. The smallest absolute Gasteiger partial charge is 0.0508 e. The second-order valence-electron chi connectivity index (χ2n) is 4.35. The molecule has 1 aromatic rings. The summed E-state index contributed by atoms with van der Waals surface area (Å²) in [5.41, 5.74) is 8.22. The molecule has 0 bridgehead atoms. The van der Waals surface area contributed by atoms with Gasteiger partial charge in [-0.2, -0.15) is 0 Å². The normalized spacial score (nSPS) is 12.2. The Morgan fingerprint density at radius 1 is 1.53 bits per heavy atom. The Balaban J connectivity index is 2.73. The van der Waals surface area contributed by atoms with Gasteiger partial charge in [0.25, 0.3) is 0 Å². The summed E-state index contributed by atoms with van der Waals surface area (Å²) in [4.78, 5) is 2.25. The molecule has 2 N–H and O–H groups in total. The van der Waals surface area contributed by atoms with Crippen LogP contribution in [-0.2, 0) is 0 Å². The summed E-state index contributed by atoms with van der Waals surface area (Å²) in [6.45, 7) is 6.76. The van der Waals surface area contributed by atoms with E-state index in [4.69, 9.17) is 5.73 Å². The zero-order valence-electron chi connectivity index (χ0n) is 10.6. The molecule has 0 spiro atoms. The van der Waals surface area contributed by atoms with Crippen molar-refractivity contribution >= 4 is 21.6 Å². The van der Waals surface area contributed by atoms with Gasteiger partial charge in [0.05, 0.1) is 5.69 Å². The fourth-order valence-corrected chi connectivity index (χ4v) is 2.41. The third kappa shape index (κ3) is 4.17. The zero-order chi connectivity index (χ0) is 12.8. The molecule has 0 aromatic heterocycles. The van der Waals surface area contributed by atoms with Crippen LogP contribution in [0.1, 0.15) is 31.4 Å². The molecule has 1 rings (SSSR count). The number of anilines is 1. The number of hydrogen-bond acceptors (Lipinski definition) is 2. The van der Waals surface area contributed by atoms with Gasteiger partial charge in [0.2, 0.25) is 0 Å². The first-order valence-corrected chi connectivity index (χ1v) is 6.72. The van der Waals surface area contributed by atoms with Crippen LogP contribution >= 0.6 is 15.9 Å². The molecule has 0 unspecified atom stereocenters. The van der Waals surface area contributed by atoms with Crippen LogP contribution in [0.15, 0.2) is 35.3 Å². The van der Waals surface area contributed by atoms with Crippen molar-refractivity contribution in [2.75, 3.05) is 18.5 Å². The van der Waals surface area contributed by atoms with Crippen molar-refractivity contribution in [1.29, 1.82) is 0 Å². The molecule has 0 aliphatic carbocycles. The van der Waals surface area contributed by atoms with Gasteiger partial charge < -0.3 is 10.6 Å². The highest BCUT2D eigenvalue weighted by atomic mass is 79.9. The lowest BCUT2D eigenvalue weighted by Gasteiger charge is -2.21. The largest absolute Gasteiger partial charge is 0.374 e. The number of hydrogen-bond donors (Lipinski definition) is 1. The molecular formula is C14H21BrN2. The first-order valence-electron chi connectivity index (χ1n) is 5.93. The Hall–Kier alpha value is -0.800. The summed E-state index contributed by atoms with van der Waals surface area (Å²) < 4.78 is 1.11. The van der Waals surface area contributed by atoms with Crippen molar-refractivity contribution in [2.45, 2.75) is 25.8 Å². The summed E-state index contributed by atoms with van der Waals surface area (Å²) in [5, 5.41) is 0. The maximum absolute atomic E-state index is 5.86. The molecule has 1 atom stereocenters. The van der Waals surface area contributed by atoms with Crippen molar-refractivity contribution in [3.63, 3.8) is 0 Å². The molecule has 17 heavy (non-hydrogen) atoms. The molecule has 0 fully saturated rings. The first-order chi connectivity index (χ1) is 8.06. The predicted molar refractivity (Wildman–Crippen MR) is 79.4 cm³/mol. The summed E-state index contributed by atoms with van der Waals surface area (Å²) in [6.07, 6.45) is 4.14. The van der Waals surface area contributed by atoms with Crippen LogP contribution in [0, 0.1) is 0 Å². The van der Waals surface area contributed by atoms with Gasteiger partial charge in [0, 0.05) is 24.1 Å². The molecular weight excluding hydrogens is 276 g/mol. The number of halogens is 1. The molecule has 0 aliphatic rings. The van der Waals surface area contributed by atoms with Crippen LogP contribution in [0.25, 0.3) is 0 Å². The van der Waals surface area contributed by atoms with Crippen LogP contribution in [0.4, 0.5) is 5.69 Å². The lowest BCUT2D eigenvalue weighted by atomic mass is 10.1. The minimum absolute atomic E-state index is 0.0754. The van der Waals surface area contributed by atoms with Crippen molar-refractivity contribution < 1.29 is 0 Å². The van der Waals surface area contributed by atoms with Crippen molar-refractivity contribution in [3.05, 3.63) is 40.9 Å². The molecule has 2 nitrogen and oxygen atoms in total. The summed E-state index contributed by atoms with van der Waals surface area (Å²) in [6, 6.07) is 6.39. The van der Waals surface area contributed by atoms with Gasteiger partial charge >= 0.3 is 0 Å². The summed E-state index contributed by atoms with van der Waals surface area (Å²) >= 11 is 3.61. The van der Waals surface area contributed by atoms with E-state index in [9.17, 15) is 0 Å². The van der Waals surface area contributed by atoms with E-state index in [1.165, 1.54) is 5.69 Å². The van der Waals surface area contributed by atoms with E-state index in [0.717, 1.165) is 29.4 Å². The number of nitrogens with zero attached hydrogens (tertiary/aromatic N) is 1. The molecule has 3 heteroatoms. The number of unbranched alkanes of at least 4 members (excludes halogenated alkanes) is 1. The van der Waals surface area contributed by atoms with Crippen molar-refractivity contribution in [3.8, 4) is 0 Å². The van der Waals surface area contributed by atoms with E-state index < -0.39 is 0 Å². The molecule has 0 amide bonds. The van der Waals surface area contributed by atoms with Gasteiger partial charge in [-0.1, -0.05) is 12.1 Å². The standard InChI is InChI=1S/C14H21BrN2/c1-4-5-6-9-17(3)14-8-7-12(11(2)16)10-13(14)15/h4,7-8,10-11H,1,5-6,9,16H2,2-3H3/t11-/m1/s1. The fraction of sp³-hybridized carbons (Fsp3) is 0.429. The van der Waals surface area contributed by atoms with Crippen LogP contribution < -0.4 is 10.6 Å². The van der Waals surface area contributed by atoms with E-state index in [-0.39, 0.29) is 6.04 Å². The Kier molecular flexibility index (Phi) is 5.72. The van der Waals surface area contributed by atoms with Gasteiger partial charge in [0.15, 0.2) is 0 Å². The number of allylic oxidation sites excluding steroid dienone is 1. The maximum atomic E-state index is 5.86. The predicted octanol–water partition coefficient (Wildman–Crippen LogP) is 3.87. The summed E-state index contributed by atoms with van der Waals surface area (Å²) in [5.74, 6) is 0. The minimum atomic E-state index is 0.0754. The van der Waals surface area contributed by atoms with Crippen LogP contribution in [0.2, 0.25) is 0 Å². The third-order valence-corrected chi connectivity index (χ3v) is 3.45. The second-order valence-corrected chi connectivity index (χ2v) is 5.21. The van der Waals surface area contributed by atoms with Gasteiger partial charge in [0.1, 0.15) is 0 Å². The SMILES string of the molecule is C=CCCCN(C)c1ccc([C@@H](C)N)cc1Br. The minimum Gasteiger partial charge on any atom is -0.374 e. The van der Waals surface area contributed by atoms with Crippen LogP contribution in [-0.4, -0.2) is 13.6 Å². The quantitative estimate of drug-likeness (QED) is 0.638. The van der Waals surface area contributed by atoms with Crippen LogP contribution in [0.3, 0.4) is 0 Å². The van der Waals surface area contributed by atoms with Crippen molar-refractivity contribution in [1.82, 2.24) is 0 Å². The van der Waals surface area contributed by atoms with Gasteiger partial charge in [-0.05, 0) is 53.4 Å². The average Bonchev–Trinajstić information content (AvgIpc) is 2.28. The third-order valence-electron chi connectivity index (χ3n) is 2.81. The number of nitrogens with two attached hydrogens (primary N) is 1. The highest BCUT2D eigenvalue weighted by molar-refractivity contribution is 9.10. The Bertz CT molecular complexity index is 374. The van der Waals surface area contributed by atoms with E-state index >= 15 is 0 Å². The van der Waals surface area contributed by atoms with E-state index in [2.05, 4.69) is 52.7 Å². The molecule has 0 saturated carbocycles. The van der Waals surface area contributed by atoms with Crippen molar-refractivity contribution in [2.24, 2.45) is 5.73 Å².